The summed E-state index contributed by atoms with van der Waals surface area (Å²) in [5.74, 6) is 0. The highest BCUT2D eigenvalue weighted by molar-refractivity contribution is 4.87. The summed E-state index contributed by atoms with van der Waals surface area (Å²) in [6, 6.07) is 0.276. The molecule has 0 aromatic heterocycles. The maximum Gasteiger partial charge on any atom is 0.0586 e. The third-order valence-electron chi connectivity index (χ3n) is 4.49. The Hall–Kier alpha value is -0.160. The second-order valence-corrected chi connectivity index (χ2v) is 5.97. The fourth-order valence-electron chi connectivity index (χ4n) is 3.29. The Morgan fingerprint density at radius 2 is 2.06 bits per heavy atom. The van der Waals surface area contributed by atoms with Gasteiger partial charge in [-0.05, 0) is 32.2 Å². The van der Waals surface area contributed by atoms with Crippen LogP contribution in [0.15, 0.2) is 0 Å². The molecule has 2 heterocycles. The fourth-order valence-corrected chi connectivity index (χ4v) is 3.29. The SMILES string of the molecule is OCC1CCCCCN1CC1(CO)CCCOC1. The van der Waals surface area contributed by atoms with Crippen LogP contribution < -0.4 is 0 Å². The zero-order chi connectivity index (χ0) is 12.8. The third-order valence-corrected chi connectivity index (χ3v) is 4.49. The molecular formula is C14H27NO3. The first-order valence-corrected chi connectivity index (χ1v) is 7.33. The van der Waals surface area contributed by atoms with Gasteiger partial charge in [0.25, 0.3) is 0 Å². The second kappa shape index (κ2) is 6.85. The number of rotatable bonds is 4. The Balaban J connectivity index is 1.99. The van der Waals surface area contributed by atoms with Crippen molar-refractivity contribution in [2.24, 2.45) is 5.41 Å². The molecule has 2 aliphatic rings. The van der Waals surface area contributed by atoms with Crippen LogP contribution >= 0.6 is 0 Å². The molecular weight excluding hydrogens is 230 g/mol. The van der Waals surface area contributed by atoms with Gasteiger partial charge in [-0.15, -0.1) is 0 Å². The van der Waals surface area contributed by atoms with Gasteiger partial charge in [-0.25, -0.2) is 0 Å². The molecule has 2 N–H and O–H groups in total. The van der Waals surface area contributed by atoms with Crippen molar-refractivity contribution in [3.63, 3.8) is 0 Å². The van der Waals surface area contributed by atoms with Crippen LogP contribution in [0.5, 0.6) is 0 Å². The topological polar surface area (TPSA) is 52.9 Å². The van der Waals surface area contributed by atoms with E-state index in [2.05, 4.69) is 4.90 Å². The summed E-state index contributed by atoms with van der Waals surface area (Å²) in [5, 5.41) is 19.3. The van der Waals surface area contributed by atoms with Crippen LogP contribution in [0.25, 0.3) is 0 Å². The maximum atomic E-state index is 9.73. The minimum absolute atomic E-state index is 0.101. The molecule has 0 spiro atoms. The van der Waals surface area contributed by atoms with Crippen LogP contribution in [0.2, 0.25) is 0 Å². The van der Waals surface area contributed by atoms with E-state index in [9.17, 15) is 10.2 Å². The van der Waals surface area contributed by atoms with Gasteiger partial charge < -0.3 is 14.9 Å². The van der Waals surface area contributed by atoms with Gasteiger partial charge in [0.15, 0.2) is 0 Å². The monoisotopic (exact) mass is 257 g/mol. The Kier molecular flexibility index (Phi) is 5.42. The molecule has 18 heavy (non-hydrogen) atoms. The van der Waals surface area contributed by atoms with E-state index in [1.54, 1.807) is 0 Å². The summed E-state index contributed by atoms with van der Waals surface area (Å²) in [5.41, 5.74) is -0.101. The molecule has 0 radical (unpaired) electrons. The number of aliphatic hydroxyl groups excluding tert-OH is 2. The highest BCUT2D eigenvalue weighted by atomic mass is 16.5. The van der Waals surface area contributed by atoms with E-state index in [1.807, 2.05) is 0 Å². The van der Waals surface area contributed by atoms with Gasteiger partial charge in [-0.3, -0.25) is 4.90 Å². The summed E-state index contributed by atoms with van der Waals surface area (Å²) in [7, 11) is 0. The summed E-state index contributed by atoms with van der Waals surface area (Å²) < 4.78 is 5.57. The van der Waals surface area contributed by atoms with E-state index < -0.39 is 0 Å². The lowest BCUT2D eigenvalue weighted by Gasteiger charge is -2.41. The Labute approximate surface area is 110 Å². The van der Waals surface area contributed by atoms with Crippen LogP contribution in [0.3, 0.4) is 0 Å². The average molecular weight is 257 g/mol. The van der Waals surface area contributed by atoms with Crippen molar-refractivity contribution in [3.8, 4) is 0 Å². The average Bonchev–Trinajstić information content (AvgIpc) is 2.65. The molecule has 4 heteroatoms. The largest absolute Gasteiger partial charge is 0.396 e. The van der Waals surface area contributed by atoms with Crippen molar-refractivity contribution in [3.05, 3.63) is 0 Å². The predicted octanol–water partition coefficient (Wildman–Crippen LogP) is 1.01. The van der Waals surface area contributed by atoms with Crippen molar-refractivity contribution in [1.82, 2.24) is 4.90 Å². The summed E-state index contributed by atoms with van der Waals surface area (Å²) in [6.07, 6.45) is 6.84. The zero-order valence-corrected chi connectivity index (χ0v) is 11.3. The van der Waals surface area contributed by atoms with Crippen LogP contribution in [0.4, 0.5) is 0 Å². The van der Waals surface area contributed by atoms with Crippen molar-refractivity contribution < 1.29 is 14.9 Å². The normalized spacial score (nSPS) is 35.3. The lowest BCUT2D eigenvalue weighted by molar-refractivity contribution is -0.0636. The first kappa shape index (κ1) is 14.3. The van der Waals surface area contributed by atoms with E-state index in [1.165, 1.54) is 19.3 Å². The van der Waals surface area contributed by atoms with E-state index >= 15 is 0 Å². The zero-order valence-electron chi connectivity index (χ0n) is 11.3. The molecule has 2 rings (SSSR count). The molecule has 0 saturated carbocycles. The minimum atomic E-state index is -0.101. The molecule has 2 atom stereocenters. The highest BCUT2D eigenvalue weighted by Gasteiger charge is 2.36. The minimum Gasteiger partial charge on any atom is -0.396 e. The Morgan fingerprint density at radius 3 is 2.72 bits per heavy atom. The summed E-state index contributed by atoms with van der Waals surface area (Å²) in [6.45, 7) is 3.84. The van der Waals surface area contributed by atoms with Gasteiger partial charge in [0.2, 0.25) is 0 Å². The molecule has 2 aliphatic heterocycles. The molecule has 2 fully saturated rings. The molecule has 106 valence electrons. The van der Waals surface area contributed by atoms with Crippen LogP contribution in [0.1, 0.15) is 38.5 Å². The molecule has 0 aromatic rings. The smallest absolute Gasteiger partial charge is 0.0586 e. The molecule has 4 nitrogen and oxygen atoms in total. The Bertz CT molecular complexity index is 241. The van der Waals surface area contributed by atoms with Crippen molar-refractivity contribution in [2.45, 2.75) is 44.6 Å². The van der Waals surface area contributed by atoms with E-state index in [-0.39, 0.29) is 24.7 Å². The van der Waals surface area contributed by atoms with Crippen LogP contribution in [0, 0.1) is 5.41 Å². The second-order valence-electron chi connectivity index (χ2n) is 5.97. The summed E-state index contributed by atoms with van der Waals surface area (Å²) >= 11 is 0. The van der Waals surface area contributed by atoms with Gasteiger partial charge in [-0.2, -0.15) is 0 Å². The van der Waals surface area contributed by atoms with Gasteiger partial charge in [0.1, 0.15) is 0 Å². The van der Waals surface area contributed by atoms with Crippen LogP contribution in [-0.2, 0) is 4.74 Å². The van der Waals surface area contributed by atoms with Gasteiger partial charge in [0, 0.05) is 24.6 Å². The lowest BCUT2D eigenvalue weighted by atomic mass is 9.82. The first-order chi connectivity index (χ1) is 8.79. The number of hydrogen-bond donors (Lipinski definition) is 2. The summed E-state index contributed by atoms with van der Waals surface area (Å²) in [4.78, 5) is 2.39. The van der Waals surface area contributed by atoms with Gasteiger partial charge in [0.05, 0.1) is 19.8 Å². The third kappa shape index (κ3) is 3.44. The Morgan fingerprint density at radius 1 is 1.17 bits per heavy atom. The first-order valence-electron chi connectivity index (χ1n) is 7.33. The van der Waals surface area contributed by atoms with Crippen LogP contribution in [-0.4, -0.2) is 60.7 Å². The molecule has 0 aromatic carbocycles. The molecule has 0 bridgehead atoms. The van der Waals surface area contributed by atoms with E-state index in [0.29, 0.717) is 6.61 Å². The predicted molar refractivity (Wildman–Crippen MR) is 70.5 cm³/mol. The molecule has 2 saturated heterocycles. The molecule has 0 amide bonds. The van der Waals surface area contributed by atoms with E-state index in [4.69, 9.17) is 4.74 Å². The molecule has 2 unspecified atom stereocenters. The lowest BCUT2D eigenvalue weighted by Crippen LogP contribution is -2.49. The fraction of sp³-hybridized carbons (Fsp3) is 1.00. The number of nitrogens with zero attached hydrogens (tertiary/aromatic N) is 1. The number of likely N-dealkylation sites (tertiary alicyclic amines) is 1. The molecule has 0 aliphatic carbocycles. The van der Waals surface area contributed by atoms with Gasteiger partial charge in [-0.1, -0.05) is 12.8 Å². The van der Waals surface area contributed by atoms with E-state index in [0.717, 1.165) is 39.0 Å². The number of ether oxygens (including phenoxy) is 1. The van der Waals surface area contributed by atoms with Crippen molar-refractivity contribution in [2.75, 3.05) is 39.5 Å². The van der Waals surface area contributed by atoms with Crippen molar-refractivity contribution >= 4 is 0 Å². The van der Waals surface area contributed by atoms with Crippen molar-refractivity contribution in [1.29, 1.82) is 0 Å². The number of aliphatic hydroxyl groups is 2. The maximum absolute atomic E-state index is 9.73. The highest BCUT2D eigenvalue weighted by Crippen LogP contribution is 2.31. The van der Waals surface area contributed by atoms with Gasteiger partial charge >= 0.3 is 0 Å². The standard InChI is InChI=1S/C14H27NO3/c16-9-13-5-2-1-3-7-15(13)10-14(11-17)6-4-8-18-12-14/h13,16-17H,1-12H2. The number of hydrogen-bond acceptors (Lipinski definition) is 4. The quantitative estimate of drug-likeness (QED) is 0.789.